The fraction of sp³-hybridized carbons (Fsp3) is 0.500. The Balaban J connectivity index is 1.71. The standard InChI is InChI=1S/C18H26N6O/c1-4-23-13-19-21-17(23)14-8-7-11-24(12-14)18(25)20-15-9-5-6-10-16(15)22(2)3/h5-6,9-10,13-14H,4,7-8,11-12H2,1-3H3,(H,20,25). The van der Waals surface area contributed by atoms with Crippen LogP contribution in [-0.4, -0.2) is 52.9 Å². The lowest BCUT2D eigenvalue weighted by Gasteiger charge is -2.32. The van der Waals surface area contributed by atoms with Gasteiger partial charge in [-0.25, -0.2) is 4.79 Å². The summed E-state index contributed by atoms with van der Waals surface area (Å²) in [5.74, 6) is 1.22. The van der Waals surface area contributed by atoms with E-state index in [1.54, 1.807) is 6.33 Å². The molecule has 1 unspecified atom stereocenters. The van der Waals surface area contributed by atoms with Crippen molar-refractivity contribution < 1.29 is 4.79 Å². The number of nitrogens with one attached hydrogen (secondary N) is 1. The summed E-state index contributed by atoms with van der Waals surface area (Å²) in [4.78, 5) is 16.6. The minimum Gasteiger partial charge on any atom is -0.376 e. The number of hydrogen-bond acceptors (Lipinski definition) is 4. The molecule has 25 heavy (non-hydrogen) atoms. The van der Waals surface area contributed by atoms with Gasteiger partial charge in [-0.15, -0.1) is 10.2 Å². The number of benzene rings is 1. The second-order valence-corrected chi connectivity index (χ2v) is 6.60. The van der Waals surface area contributed by atoms with Crippen LogP contribution in [0.25, 0.3) is 0 Å². The number of rotatable bonds is 4. The van der Waals surface area contributed by atoms with Crippen LogP contribution in [0.3, 0.4) is 0 Å². The first-order valence-corrected chi connectivity index (χ1v) is 8.80. The number of aromatic nitrogens is 3. The highest BCUT2D eigenvalue weighted by molar-refractivity contribution is 5.93. The van der Waals surface area contributed by atoms with Crippen molar-refractivity contribution in [2.45, 2.75) is 32.2 Å². The predicted molar refractivity (Wildman–Crippen MR) is 99.0 cm³/mol. The number of nitrogens with zero attached hydrogens (tertiary/aromatic N) is 5. The summed E-state index contributed by atoms with van der Waals surface area (Å²) in [5, 5.41) is 11.4. The molecule has 2 heterocycles. The SMILES string of the molecule is CCn1cnnc1C1CCCN(C(=O)Nc2ccccc2N(C)C)C1. The van der Waals surface area contributed by atoms with Crippen molar-refractivity contribution in [3.63, 3.8) is 0 Å². The molecule has 1 atom stereocenters. The van der Waals surface area contributed by atoms with E-state index in [0.717, 1.165) is 43.1 Å². The van der Waals surface area contributed by atoms with Crippen molar-refractivity contribution in [2.24, 2.45) is 0 Å². The topological polar surface area (TPSA) is 66.3 Å². The Labute approximate surface area is 148 Å². The summed E-state index contributed by atoms with van der Waals surface area (Å²) in [7, 11) is 3.94. The highest BCUT2D eigenvalue weighted by atomic mass is 16.2. The molecule has 0 bridgehead atoms. The Kier molecular flexibility index (Phi) is 5.21. The number of aryl methyl sites for hydroxylation is 1. The van der Waals surface area contributed by atoms with Crippen molar-refractivity contribution in [1.82, 2.24) is 19.7 Å². The van der Waals surface area contributed by atoms with E-state index >= 15 is 0 Å². The van der Waals surface area contributed by atoms with Crippen molar-refractivity contribution in [1.29, 1.82) is 0 Å². The Hall–Kier alpha value is -2.57. The van der Waals surface area contributed by atoms with Gasteiger partial charge in [-0.3, -0.25) is 0 Å². The quantitative estimate of drug-likeness (QED) is 0.928. The molecule has 7 heteroatoms. The van der Waals surface area contributed by atoms with Crippen LogP contribution < -0.4 is 10.2 Å². The van der Waals surface area contributed by atoms with Crippen molar-refractivity contribution in [3.8, 4) is 0 Å². The molecule has 0 radical (unpaired) electrons. The van der Waals surface area contributed by atoms with Crippen LogP contribution in [0.5, 0.6) is 0 Å². The summed E-state index contributed by atoms with van der Waals surface area (Å²) in [6, 6.07) is 7.78. The predicted octanol–water partition coefficient (Wildman–Crippen LogP) is 2.78. The normalized spacial score (nSPS) is 17.4. The van der Waals surface area contributed by atoms with E-state index in [-0.39, 0.29) is 11.9 Å². The van der Waals surface area contributed by atoms with Gasteiger partial charge in [-0.2, -0.15) is 0 Å². The molecule has 1 fully saturated rings. The molecule has 2 amide bonds. The maximum atomic E-state index is 12.8. The molecule has 3 rings (SSSR count). The zero-order valence-corrected chi connectivity index (χ0v) is 15.1. The summed E-state index contributed by atoms with van der Waals surface area (Å²) >= 11 is 0. The minimum atomic E-state index is -0.0541. The van der Waals surface area contributed by atoms with Crippen LogP contribution in [0.15, 0.2) is 30.6 Å². The van der Waals surface area contributed by atoms with Crippen molar-refractivity contribution >= 4 is 17.4 Å². The number of amides is 2. The zero-order chi connectivity index (χ0) is 17.8. The van der Waals surface area contributed by atoms with E-state index in [1.165, 1.54) is 0 Å². The maximum Gasteiger partial charge on any atom is 0.321 e. The highest BCUT2D eigenvalue weighted by Crippen LogP contribution is 2.27. The summed E-state index contributed by atoms with van der Waals surface area (Å²) < 4.78 is 2.06. The van der Waals surface area contributed by atoms with Gasteiger partial charge in [0.1, 0.15) is 12.2 Å². The Bertz CT molecular complexity index is 726. The highest BCUT2D eigenvalue weighted by Gasteiger charge is 2.28. The molecule has 1 aromatic carbocycles. The van der Waals surface area contributed by atoms with Gasteiger partial charge in [0.05, 0.1) is 11.4 Å². The summed E-state index contributed by atoms with van der Waals surface area (Å²) in [6.07, 6.45) is 3.78. The minimum absolute atomic E-state index is 0.0541. The van der Waals surface area contributed by atoms with E-state index in [4.69, 9.17) is 0 Å². The third kappa shape index (κ3) is 3.75. The van der Waals surface area contributed by atoms with Crippen LogP contribution in [-0.2, 0) is 6.54 Å². The maximum absolute atomic E-state index is 12.8. The van der Waals surface area contributed by atoms with E-state index in [1.807, 2.05) is 48.2 Å². The Morgan fingerprint density at radius 3 is 2.92 bits per heavy atom. The fourth-order valence-electron chi connectivity index (χ4n) is 3.36. The zero-order valence-electron chi connectivity index (χ0n) is 15.1. The molecule has 1 saturated heterocycles. The van der Waals surface area contributed by atoms with E-state index in [0.29, 0.717) is 6.54 Å². The van der Waals surface area contributed by atoms with Crippen LogP contribution in [0.1, 0.15) is 31.5 Å². The molecule has 0 spiro atoms. The first kappa shape index (κ1) is 17.3. The Morgan fingerprint density at radius 2 is 2.16 bits per heavy atom. The van der Waals surface area contributed by atoms with E-state index in [9.17, 15) is 4.79 Å². The number of piperidine rings is 1. The van der Waals surface area contributed by atoms with Gasteiger partial charge in [-0.05, 0) is 31.9 Å². The number of urea groups is 1. The van der Waals surface area contributed by atoms with Crippen LogP contribution in [0, 0.1) is 0 Å². The number of para-hydroxylation sites is 2. The number of likely N-dealkylation sites (tertiary alicyclic amines) is 1. The van der Waals surface area contributed by atoms with E-state index in [2.05, 4.69) is 27.0 Å². The van der Waals surface area contributed by atoms with Gasteiger partial charge in [-0.1, -0.05) is 12.1 Å². The van der Waals surface area contributed by atoms with Gasteiger partial charge in [0.25, 0.3) is 0 Å². The first-order valence-electron chi connectivity index (χ1n) is 8.80. The van der Waals surface area contributed by atoms with Crippen molar-refractivity contribution in [2.75, 3.05) is 37.4 Å². The van der Waals surface area contributed by atoms with Gasteiger partial charge in [0, 0.05) is 39.6 Å². The molecular formula is C18H26N6O. The average molecular weight is 342 g/mol. The lowest BCUT2D eigenvalue weighted by molar-refractivity contribution is 0.190. The molecule has 1 aromatic heterocycles. The Morgan fingerprint density at radius 1 is 1.36 bits per heavy atom. The molecule has 134 valence electrons. The lowest BCUT2D eigenvalue weighted by atomic mass is 9.97. The third-order valence-corrected chi connectivity index (χ3v) is 4.69. The molecule has 0 aliphatic carbocycles. The second-order valence-electron chi connectivity index (χ2n) is 6.60. The molecule has 2 aromatic rings. The van der Waals surface area contributed by atoms with Crippen molar-refractivity contribution in [3.05, 3.63) is 36.4 Å². The van der Waals surface area contributed by atoms with Crippen LogP contribution in [0.2, 0.25) is 0 Å². The molecule has 7 nitrogen and oxygen atoms in total. The van der Waals surface area contributed by atoms with Gasteiger partial charge < -0.3 is 19.7 Å². The van der Waals surface area contributed by atoms with E-state index < -0.39 is 0 Å². The van der Waals surface area contributed by atoms with Crippen LogP contribution in [0.4, 0.5) is 16.2 Å². The fourth-order valence-corrected chi connectivity index (χ4v) is 3.36. The van der Waals surface area contributed by atoms with Gasteiger partial charge >= 0.3 is 6.03 Å². The second kappa shape index (κ2) is 7.55. The number of anilines is 2. The number of hydrogen-bond donors (Lipinski definition) is 1. The number of carbonyl (C=O) groups excluding carboxylic acids is 1. The van der Waals surface area contributed by atoms with Crippen LogP contribution >= 0.6 is 0 Å². The largest absolute Gasteiger partial charge is 0.376 e. The molecule has 1 N–H and O–H groups in total. The monoisotopic (exact) mass is 342 g/mol. The molecule has 0 saturated carbocycles. The molecule has 1 aliphatic rings. The lowest BCUT2D eigenvalue weighted by Crippen LogP contribution is -2.42. The smallest absolute Gasteiger partial charge is 0.321 e. The molecule has 1 aliphatic heterocycles. The third-order valence-electron chi connectivity index (χ3n) is 4.69. The van der Waals surface area contributed by atoms with Gasteiger partial charge in [0.15, 0.2) is 0 Å². The summed E-state index contributed by atoms with van der Waals surface area (Å²) in [6.45, 7) is 4.38. The summed E-state index contributed by atoms with van der Waals surface area (Å²) in [5.41, 5.74) is 1.83. The average Bonchev–Trinajstić information content (AvgIpc) is 3.11. The molecular weight excluding hydrogens is 316 g/mol. The van der Waals surface area contributed by atoms with Gasteiger partial charge in [0.2, 0.25) is 0 Å². The first-order chi connectivity index (χ1) is 12.1. The number of carbonyl (C=O) groups is 1.